The van der Waals surface area contributed by atoms with Crippen LogP contribution in [0.25, 0.3) is 0 Å². The predicted octanol–water partition coefficient (Wildman–Crippen LogP) is 4.65. The first-order chi connectivity index (χ1) is 6.16. The molecule has 0 fully saturated rings. The third-order valence-electron chi connectivity index (χ3n) is 1.97. The van der Waals surface area contributed by atoms with Gasteiger partial charge in [0.1, 0.15) is 0 Å². The van der Waals surface area contributed by atoms with Gasteiger partial charge in [0.05, 0.1) is 0 Å². The summed E-state index contributed by atoms with van der Waals surface area (Å²) in [4.78, 5) is 0. The molecule has 0 aliphatic carbocycles. The van der Waals surface area contributed by atoms with Gasteiger partial charge in [-0.3, -0.25) is 0 Å². The lowest BCUT2D eigenvalue weighted by Gasteiger charge is -1.98. The van der Waals surface area contributed by atoms with Crippen LogP contribution < -0.4 is 0 Å². The fraction of sp³-hybridized carbons (Fsp3) is 0.538. The van der Waals surface area contributed by atoms with Gasteiger partial charge in [0.15, 0.2) is 0 Å². The molecule has 0 aliphatic heterocycles. The van der Waals surface area contributed by atoms with Crippen LogP contribution in [0.15, 0.2) is 36.0 Å². The SMILES string of the molecule is C=CCCC/C(C)=C/CC=C(C)C. The van der Waals surface area contributed by atoms with Crippen molar-refractivity contribution in [1.29, 1.82) is 0 Å². The van der Waals surface area contributed by atoms with Crippen LogP contribution in [0.4, 0.5) is 0 Å². The maximum atomic E-state index is 3.71. The van der Waals surface area contributed by atoms with Gasteiger partial charge in [0.2, 0.25) is 0 Å². The van der Waals surface area contributed by atoms with E-state index in [4.69, 9.17) is 0 Å². The molecular weight excluding hydrogens is 156 g/mol. The molecule has 0 saturated heterocycles. The van der Waals surface area contributed by atoms with Gasteiger partial charge >= 0.3 is 0 Å². The molecule has 0 aromatic rings. The van der Waals surface area contributed by atoms with Gasteiger partial charge in [-0.25, -0.2) is 0 Å². The Kier molecular flexibility index (Phi) is 7.38. The van der Waals surface area contributed by atoms with Crippen LogP contribution in [-0.4, -0.2) is 0 Å². The fourth-order valence-electron chi connectivity index (χ4n) is 1.12. The van der Waals surface area contributed by atoms with E-state index in [0.29, 0.717) is 0 Å². The third-order valence-corrected chi connectivity index (χ3v) is 1.97. The van der Waals surface area contributed by atoms with Crippen LogP contribution >= 0.6 is 0 Å². The summed E-state index contributed by atoms with van der Waals surface area (Å²) < 4.78 is 0. The number of allylic oxidation sites excluding steroid dienone is 5. The molecule has 0 rings (SSSR count). The fourth-order valence-corrected chi connectivity index (χ4v) is 1.12. The number of rotatable bonds is 6. The number of hydrogen-bond donors (Lipinski definition) is 0. The Labute approximate surface area is 83.0 Å². The van der Waals surface area contributed by atoms with Crippen molar-refractivity contribution < 1.29 is 0 Å². The average molecular weight is 178 g/mol. The summed E-state index contributed by atoms with van der Waals surface area (Å²) in [5.74, 6) is 0. The van der Waals surface area contributed by atoms with E-state index in [9.17, 15) is 0 Å². The number of hydrogen-bond acceptors (Lipinski definition) is 0. The lowest BCUT2D eigenvalue weighted by molar-refractivity contribution is 0.830. The first-order valence-electron chi connectivity index (χ1n) is 5.06. The minimum absolute atomic E-state index is 1.09. The zero-order valence-electron chi connectivity index (χ0n) is 9.27. The molecule has 0 bridgehead atoms. The Morgan fingerprint density at radius 1 is 1.15 bits per heavy atom. The van der Waals surface area contributed by atoms with E-state index in [2.05, 4.69) is 39.5 Å². The van der Waals surface area contributed by atoms with E-state index in [1.54, 1.807) is 0 Å². The predicted molar refractivity (Wildman–Crippen MR) is 61.9 cm³/mol. The Balaban J connectivity index is 3.62. The summed E-state index contributed by atoms with van der Waals surface area (Å²) in [6, 6.07) is 0. The molecule has 0 heterocycles. The normalized spacial score (nSPS) is 11.2. The van der Waals surface area contributed by atoms with Crippen molar-refractivity contribution in [1.82, 2.24) is 0 Å². The van der Waals surface area contributed by atoms with Gasteiger partial charge in [0, 0.05) is 0 Å². The monoisotopic (exact) mass is 178 g/mol. The zero-order chi connectivity index (χ0) is 10.1. The molecule has 0 saturated carbocycles. The van der Waals surface area contributed by atoms with Crippen LogP contribution in [0.5, 0.6) is 0 Å². The largest absolute Gasteiger partial charge is 0.103 e. The summed E-state index contributed by atoms with van der Waals surface area (Å²) in [5, 5.41) is 0. The second-order valence-corrected chi connectivity index (χ2v) is 3.75. The van der Waals surface area contributed by atoms with Crippen LogP contribution in [0.1, 0.15) is 46.5 Å². The topological polar surface area (TPSA) is 0 Å². The molecule has 74 valence electrons. The van der Waals surface area contributed by atoms with Gasteiger partial charge in [0.25, 0.3) is 0 Å². The van der Waals surface area contributed by atoms with E-state index >= 15 is 0 Å². The molecular formula is C13H22. The molecule has 0 amide bonds. The van der Waals surface area contributed by atoms with E-state index in [1.807, 2.05) is 6.08 Å². The van der Waals surface area contributed by atoms with Crippen molar-refractivity contribution in [2.24, 2.45) is 0 Å². The lowest BCUT2D eigenvalue weighted by atomic mass is 10.1. The maximum Gasteiger partial charge on any atom is -0.0164 e. The van der Waals surface area contributed by atoms with Crippen molar-refractivity contribution in [2.75, 3.05) is 0 Å². The van der Waals surface area contributed by atoms with Gasteiger partial charge in [-0.05, 0) is 46.5 Å². The second-order valence-electron chi connectivity index (χ2n) is 3.75. The molecule has 0 radical (unpaired) electrons. The highest BCUT2D eigenvalue weighted by Crippen LogP contribution is 2.08. The van der Waals surface area contributed by atoms with Crippen LogP contribution in [-0.2, 0) is 0 Å². The van der Waals surface area contributed by atoms with Crippen molar-refractivity contribution >= 4 is 0 Å². The quantitative estimate of drug-likeness (QED) is 0.410. The third kappa shape index (κ3) is 9.13. The van der Waals surface area contributed by atoms with Crippen molar-refractivity contribution in [3.05, 3.63) is 36.0 Å². The molecule has 0 unspecified atom stereocenters. The summed E-state index contributed by atoms with van der Waals surface area (Å²) >= 11 is 0. The van der Waals surface area contributed by atoms with E-state index in [0.717, 1.165) is 12.8 Å². The Bertz CT molecular complexity index is 190. The smallest absolute Gasteiger partial charge is 0.0164 e. The molecule has 0 aliphatic rings. The van der Waals surface area contributed by atoms with Gasteiger partial charge in [-0.1, -0.05) is 29.4 Å². The molecule has 0 spiro atoms. The average Bonchev–Trinajstić information content (AvgIpc) is 2.04. The Morgan fingerprint density at radius 3 is 2.38 bits per heavy atom. The van der Waals surface area contributed by atoms with Gasteiger partial charge in [-0.15, -0.1) is 6.58 Å². The number of unbranched alkanes of at least 4 members (excludes halogenated alkanes) is 1. The Hall–Kier alpha value is -0.780. The molecule has 0 nitrogen and oxygen atoms in total. The molecule has 0 heteroatoms. The van der Waals surface area contributed by atoms with Crippen molar-refractivity contribution in [3.63, 3.8) is 0 Å². The lowest BCUT2D eigenvalue weighted by Crippen LogP contribution is -1.77. The molecule has 0 atom stereocenters. The van der Waals surface area contributed by atoms with Crippen LogP contribution in [0, 0.1) is 0 Å². The van der Waals surface area contributed by atoms with Gasteiger partial charge in [-0.2, -0.15) is 0 Å². The van der Waals surface area contributed by atoms with Crippen molar-refractivity contribution in [3.8, 4) is 0 Å². The summed E-state index contributed by atoms with van der Waals surface area (Å²) in [5.41, 5.74) is 2.90. The first-order valence-corrected chi connectivity index (χ1v) is 5.06. The second kappa shape index (κ2) is 7.85. The minimum atomic E-state index is 1.09. The minimum Gasteiger partial charge on any atom is -0.103 e. The summed E-state index contributed by atoms with van der Waals surface area (Å²) in [6.45, 7) is 10.2. The molecule has 13 heavy (non-hydrogen) atoms. The summed E-state index contributed by atoms with van der Waals surface area (Å²) in [6.07, 6.45) is 11.2. The molecule has 0 N–H and O–H groups in total. The maximum absolute atomic E-state index is 3.71. The first kappa shape index (κ1) is 12.2. The highest BCUT2D eigenvalue weighted by Gasteiger charge is 1.88. The van der Waals surface area contributed by atoms with E-state index in [1.165, 1.54) is 24.0 Å². The standard InChI is InChI=1S/C13H22/c1-5-6-7-10-13(4)11-8-9-12(2)3/h5,9,11H,1,6-8,10H2,2-4H3/b13-11+. The van der Waals surface area contributed by atoms with Gasteiger partial charge < -0.3 is 0 Å². The molecule has 0 aromatic carbocycles. The zero-order valence-corrected chi connectivity index (χ0v) is 9.27. The summed E-state index contributed by atoms with van der Waals surface area (Å²) in [7, 11) is 0. The van der Waals surface area contributed by atoms with E-state index in [-0.39, 0.29) is 0 Å². The van der Waals surface area contributed by atoms with E-state index < -0.39 is 0 Å². The van der Waals surface area contributed by atoms with Crippen LogP contribution in [0.2, 0.25) is 0 Å². The highest BCUT2D eigenvalue weighted by atomic mass is 13.9. The highest BCUT2D eigenvalue weighted by molar-refractivity contribution is 5.04. The molecule has 0 aromatic heterocycles. The Morgan fingerprint density at radius 2 is 1.85 bits per heavy atom. The van der Waals surface area contributed by atoms with Crippen LogP contribution in [0.3, 0.4) is 0 Å². The van der Waals surface area contributed by atoms with Crippen molar-refractivity contribution in [2.45, 2.75) is 46.5 Å².